The van der Waals surface area contributed by atoms with E-state index in [0.29, 0.717) is 12.8 Å². The first-order valence-corrected chi connectivity index (χ1v) is 4.48. The molecule has 0 heterocycles. The van der Waals surface area contributed by atoms with Gasteiger partial charge in [-0.2, -0.15) is 0 Å². The van der Waals surface area contributed by atoms with E-state index in [1.54, 1.807) is 13.8 Å². The van der Waals surface area contributed by atoms with E-state index in [1.165, 1.54) is 0 Å². The second-order valence-electron chi connectivity index (χ2n) is 3.41. The van der Waals surface area contributed by atoms with Crippen molar-refractivity contribution in [3.05, 3.63) is 0 Å². The molecule has 0 bridgehead atoms. The van der Waals surface area contributed by atoms with Crippen LogP contribution in [-0.2, 0) is 0 Å². The second kappa shape index (κ2) is 4.80. The van der Waals surface area contributed by atoms with E-state index in [0.717, 1.165) is 0 Å². The Labute approximate surface area is 74.0 Å². The van der Waals surface area contributed by atoms with Gasteiger partial charge in [0.15, 0.2) is 0 Å². The van der Waals surface area contributed by atoms with Crippen molar-refractivity contribution >= 4 is 0 Å². The Kier molecular flexibility index (Phi) is 4.75. The molecular formula is C9H20O3. The summed E-state index contributed by atoms with van der Waals surface area (Å²) in [7, 11) is 0. The third-order valence-corrected chi connectivity index (χ3v) is 2.90. The monoisotopic (exact) mass is 176 g/mol. The Morgan fingerprint density at radius 2 is 1.58 bits per heavy atom. The smallest absolute Gasteiger partial charge is 0.0593 e. The second-order valence-corrected chi connectivity index (χ2v) is 3.41. The Morgan fingerprint density at radius 1 is 1.17 bits per heavy atom. The molecule has 0 aromatic heterocycles. The molecule has 0 aromatic carbocycles. The minimum atomic E-state index is -0.588. The van der Waals surface area contributed by atoms with E-state index in [9.17, 15) is 10.2 Å². The number of hydrogen-bond donors (Lipinski definition) is 3. The van der Waals surface area contributed by atoms with Crippen LogP contribution in [-0.4, -0.2) is 34.1 Å². The Balaban J connectivity index is 4.51. The van der Waals surface area contributed by atoms with Crippen LogP contribution >= 0.6 is 0 Å². The third kappa shape index (κ3) is 2.19. The van der Waals surface area contributed by atoms with Crippen molar-refractivity contribution < 1.29 is 15.3 Å². The molecule has 3 N–H and O–H groups in total. The van der Waals surface area contributed by atoms with Gasteiger partial charge in [0.2, 0.25) is 0 Å². The molecule has 0 spiro atoms. The van der Waals surface area contributed by atoms with Gasteiger partial charge in [0.25, 0.3) is 0 Å². The zero-order valence-corrected chi connectivity index (χ0v) is 8.12. The molecule has 0 aliphatic carbocycles. The lowest BCUT2D eigenvalue weighted by Gasteiger charge is -2.38. The van der Waals surface area contributed by atoms with Crippen molar-refractivity contribution in [3.63, 3.8) is 0 Å². The summed E-state index contributed by atoms with van der Waals surface area (Å²) < 4.78 is 0. The van der Waals surface area contributed by atoms with Crippen molar-refractivity contribution in [2.24, 2.45) is 5.41 Å². The highest BCUT2D eigenvalue weighted by Crippen LogP contribution is 2.34. The molecule has 0 radical (unpaired) electrons. The van der Waals surface area contributed by atoms with E-state index >= 15 is 0 Å². The van der Waals surface area contributed by atoms with Gasteiger partial charge < -0.3 is 15.3 Å². The summed E-state index contributed by atoms with van der Waals surface area (Å²) in [6.07, 6.45) is -0.0638. The van der Waals surface area contributed by atoms with Crippen LogP contribution < -0.4 is 0 Å². The molecular weight excluding hydrogens is 156 g/mol. The van der Waals surface area contributed by atoms with Crippen LogP contribution in [0.1, 0.15) is 33.6 Å². The van der Waals surface area contributed by atoms with Gasteiger partial charge in [0.1, 0.15) is 0 Å². The Bertz CT molecular complexity index is 113. The fraction of sp³-hybridized carbons (Fsp3) is 1.00. The lowest BCUT2D eigenvalue weighted by atomic mass is 9.73. The number of aliphatic hydroxyl groups excluding tert-OH is 3. The normalized spacial score (nSPS) is 21.5. The minimum absolute atomic E-state index is 0.00361. The predicted molar refractivity (Wildman–Crippen MR) is 47.8 cm³/mol. The predicted octanol–water partition coefficient (Wildman–Crippen LogP) is 0.527. The van der Waals surface area contributed by atoms with Crippen molar-refractivity contribution in [3.8, 4) is 0 Å². The standard InChI is InChI=1S/C9H20O3/c1-4-9(5-6-10,7(2)11)8(3)12/h7-8,10-12H,4-6H2,1-3H3. The van der Waals surface area contributed by atoms with Gasteiger partial charge in [-0.15, -0.1) is 0 Å². The average Bonchev–Trinajstić information content (AvgIpc) is 1.98. The first-order chi connectivity index (χ1) is 5.51. The zero-order valence-electron chi connectivity index (χ0n) is 8.12. The van der Waals surface area contributed by atoms with Gasteiger partial charge in [-0.1, -0.05) is 6.92 Å². The SMILES string of the molecule is CCC(CCO)(C(C)O)C(C)O. The van der Waals surface area contributed by atoms with Crippen LogP contribution in [0.4, 0.5) is 0 Å². The van der Waals surface area contributed by atoms with Crippen molar-refractivity contribution in [2.75, 3.05) is 6.61 Å². The Hall–Kier alpha value is -0.120. The molecule has 0 saturated carbocycles. The van der Waals surface area contributed by atoms with Crippen LogP contribution in [0.15, 0.2) is 0 Å². The highest BCUT2D eigenvalue weighted by atomic mass is 16.3. The summed E-state index contributed by atoms with van der Waals surface area (Å²) in [6.45, 7) is 5.23. The van der Waals surface area contributed by atoms with Crippen LogP contribution in [0.2, 0.25) is 0 Å². The molecule has 2 atom stereocenters. The maximum atomic E-state index is 9.49. The summed E-state index contributed by atoms with van der Waals surface area (Å²) >= 11 is 0. The van der Waals surface area contributed by atoms with Gasteiger partial charge in [-0.25, -0.2) is 0 Å². The first-order valence-electron chi connectivity index (χ1n) is 4.48. The van der Waals surface area contributed by atoms with E-state index in [2.05, 4.69) is 0 Å². The van der Waals surface area contributed by atoms with E-state index in [-0.39, 0.29) is 6.61 Å². The fourth-order valence-electron chi connectivity index (χ4n) is 1.74. The van der Waals surface area contributed by atoms with E-state index in [1.807, 2.05) is 6.92 Å². The molecule has 74 valence electrons. The quantitative estimate of drug-likeness (QED) is 0.572. The highest BCUT2D eigenvalue weighted by molar-refractivity contribution is 4.87. The molecule has 0 amide bonds. The lowest BCUT2D eigenvalue weighted by molar-refractivity contribution is -0.0697. The molecule has 12 heavy (non-hydrogen) atoms. The molecule has 0 aliphatic rings. The molecule has 0 fully saturated rings. The van der Waals surface area contributed by atoms with Gasteiger partial charge in [-0.3, -0.25) is 0 Å². The summed E-state index contributed by atoms with van der Waals surface area (Å²) in [6, 6.07) is 0. The molecule has 2 unspecified atom stereocenters. The average molecular weight is 176 g/mol. The zero-order chi connectivity index (χ0) is 9.78. The third-order valence-electron chi connectivity index (χ3n) is 2.90. The largest absolute Gasteiger partial charge is 0.396 e. The van der Waals surface area contributed by atoms with Gasteiger partial charge >= 0.3 is 0 Å². The maximum absolute atomic E-state index is 9.49. The molecule has 0 aliphatic heterocycles. The van der Waals surface area contributed by atoms with Gasteiger partial charge in [0, 0.05) is 12.0 Å². The van der Waals surface area contributed by atoms with Crippen LogP contribution in [0.25, 0.3) is 0 Å². The molecule has 3 heteroatoms. The maximum Gasteiger partial charge on any atom is 0.0593 e. The molecule has 0 aromatic rings. The lowest BCUT2D eigenvalue weighted by Crippen LogP contribution is -2.42. The fourth-order valence-corrected chi connectivity index (χ4v) is 1.74. The summed E-state index contributed by atoms with van der Waals surface area (Å²) in [5, 5.41) is 27.8. The summed E-state index contributed by atoms with van der Waals surface area (Å²) in [5.74, 6) is 0. The number of aliphatic hydroxyl groups is 3. The van der Waals surface area contributed by atoms with Crippen molar-refractivity contribution in [2.45, 2.75) is 45.8 Å². The van der Waals surface area contributed by atoms with E-state index < -0.39 is 17.6 Å². The molecule has 0 rings (SSSR count). The Morgan fingerprint density at radius 3 is 1.67 bits per heavy atom. The van der Waals surface area contributed by atoms with Gasteiger partial charge in [0.05, 0.1) is 12.2 Å². The summed E-state index contributed by atoms with van der Waals surface area (Å²) in [4.78, 5) is 0. The van der Waals surface area contributed by atoms with E-state index in [4.69, 9.17) is 5.11 Å². The number of rotatable bonds is 5. The topological polar surface area (TPSA) is 60.7 Å². The molecule has 0 saturated heterocycles. The minimum Gasteiger partial charge on any atom is -0.396 e. The van der Waals surface area contributed by atoms with Crippen LogP contribution in [0.3, 0.4) is 0 Å². The van der Waals surface area contributed by atoms with Crippen LogP contribution in [0, 0.1) is 5.41 Å². The summed E-state index contributed by atoms with van der Waals surface area (Å²) in [5.41, 5.74) is -0.547. The number of hydrogen-bond acceptors (Lipinski definition) is 3. The van der Waals surface area contributed by atoms with Crippen molar-refractivity contribution in [1.82, 2.24) is 0 Å². The van der Waals surface area contributed by atoms with Crippen molar-refractivity contribution in [1.29, 1.82) is 0 Å². The highest BCUT2D eigenvalue weighted by Gasteiger charge is 2.37. The molecule has 3 nitrogen and oxygen atoms in total. The van der Waals surface area contributed by atoms with Gasteiger partial charge in [-0.05, 0) is 26.7 Å². The first kappa shape index (κ1) is 11.9. The van der Waals surface area contributed by atoms with Crippen LogP contribution in [0.5, 0.6) is 0 Å².